The van der Waals surface area contributed by atoms with E-state index in [1.54, 1.807) is 25.1 Å². The van der Waals surface area contributed by atoms with Crippen molar-refractivity contribution in [3.63, 3.8) is 0 Å². The van der Waals surface area contributed by atoms with E-state index in [9.17, 15) is 18.0 Å². The fourth-order valence-corrected chi connectivity index (χ4v) is 5.35. The van der Waals surface area contributed by atoms with E-state index in [1.807, 2.05) is 44.2 Å². The normalized spacial score (nSPS) is 13.3. The van der Waals surface area contributed by atoms with Crippen molar-refractivity contribution in [3.8, 4) is 16.9 Å². The van der Waals surface area contributed by atoms with Crippen LogP contribution in [0.25, 0.3) is 22.1 Å². The largest absolute Gasteiger partial charge is 0.424 e. The number of aryl methyl sites for hydroxylation is 1. The molecule has 4 aromatic rings. The predicted octanol–water partition coefficient (Wildman–Crippen LogP) is 5.72. The fraction of sp³-hybridized carbons (Fsp3) is 0.214. The van der Waals surface area contributed by atoms with E-state index < -0.39 is 27.7 Å². The maximum atomic E-state index is 13.2. The molecule has 0 saturated carbocycles. The number of rotatable bonds is 8. The molecular formula is C28H26ClNO6S. The van der Waals surface area contributed by atoms with Crippen LogP contribution in [0.3, 0.4) is 0 Å². The Kier molecular flexibility index (Phi) is 7.82. The van der Waals surface area contributed by atoms with Gasteiger partial charge in [0.15, 0.2) is 5.75 Å². The Bertz CT molecular complexity index is 1600. The molecule has 2 atom stereocenters. The lowest BCUT2D eigenvalue weighted by Crippen LogP contribution is -2.46. The van der Waals surface area contributed by atoms with Crippen LogP contribution in [0.15, 0.2) is 86.9 Å². The molecule has 9 heteroatoms. The number of sulfonamides is 1. The summed E-state index contributed by atoms with van der Waals surface area (Å²) in [5.74, 6) is -1.25. The van der Waals surface area contributed by atoms with Gasteiger partial charge in [0, 0.05) is 17.5 Å². The summed E-state index contributed by atoms with van der Waals surface area (Å²) < 4.78 is 39.4. The lowest BCUT2D eigenvalue weighted by molar-refractivity contribution is -0.137. The van der Waals surface area contributed by atoms with Crippen molar-refractivity contribution in [1.29, 1.82) is 0 Å². The van der Waals surface area contributed by atoms with Crippen LogP contribution in [-0.2, 0) is 14.8 Å². The van der Waals surface area contributed by atoms with E-state index >= 15 is 0 Å². The SMILES string of the molecule is CC[C@H](C)[C@@H](NS(=O)(=O)c1ccc(C)cc1)C(=O)Oc1cc2oc(=O)cc(-c3ccccc3)c2cc1Cl. The third-order valence-electron chi connectivity index (χ3n) is 6.17. The third kappa shape index (κ3) is 5.93. The number of halogens is 1. The summed E-state index contributed by atoms with van der Waals surface area (Å²) in [4.78, 5) is 25.5. The van der Waals surface area contributed by atoms with Gasteiger partial charge in [0.25, 0.3) is 0 Å². The molecule has 3 aromatic carbocycles. The number of hydrogen-bond acceptors (Lipinski definition) is 6. The number of benzene rings is 3. The Morgan fingerprint density at radius 3 is 2.38 bits per heavy atom. The van der Waals surface area contributed by atoms with Crippen molar-refractivity contribution in [2.45, 2.75) is 38.1 Å². The average molecular weight is 540 g/mol. The zero-order chi connectivity index (χ0) is 26.7. The molecule has 0 saturated heterocycles. The molecule has 0 amide bonds. The van der Waals surface area contributed by atoms with Crippen molar-refractivity contribution < 1.29 is 22.4 Å². The lowest BCUT2D eigenvalue weighted by Gasteiger charge is -2.23. The van der Waals surface area contributed by atoms with Gasteiger partial charge in [0.2, 0.25) is 10.0 Å². The Morgan fingerprint density at radius 2 is 1.73 bits per heavy atom. The highest BCUT2D eigenvalue weighted by molar-refractivity contribution is 7.89. The molecule has 0 radical (unpaired) electrons. The molecule has 37 heavy (non-hydrogen) atoms. The Morgan fingerprint density at radius 1 is 1.05 bits per heavy atom. The van der Waals surface area contributed by atoms with Crippen molar-refractivity contribution in [1.82, 2.24) is 4.72 Å². The van der Waals surface area contributed by atoms with Crippen molar-refractivity contribution >= 4 is 38.6 Å². The molecule has 192 valence electrons. The summed E-state index contributed by atoms with van der Waals surface area (Å²) in [5, 5.41) is 0.672. The number of ether oxygens (including phenoxy) is 1. The maximum Gasteiger partial charge on any atom is 0.336 e. The van der Waals surface area contributed by atoms with Crippen LogP contribution < -0.4 is 15.1 Å². The van der Waals surface area contributed by atoms with Gasteiger partial charge in [-0.25, -0.2) is 18.0 Å². The van der Waals surface area contributed by atoms with Gasteiger partial charge in [-0.3, -0.25) is 0 Å². The van der Waals surface area contributed by atoms with Crippen molar-refractivity contribution in [2.24, 2.45) is 5.92 Å². The minimum atomic E-state index is -4.00. The first-order valence-electron chi connectivity index (χ1n) is 11.7. The van der Waals surface area contributed by atoms with E-state index in [4.69, 9.17) is 20.8 Å². The number of carbonyl (C=O) groups excluding carboxylic acids is 1. The van der Waals surface area contributed by atoms with Gasteiger partial charge in [-0.2, -0.15) is 4.72 Å². The molecule has 0 unspecified atom stereocenters. The monoisotopic (exact) mass is 539 g/mol. The van der Waals surface area contributed by atoms with Crippen LogP contribution >= 0.6 is 11.6 Å². The number of hydrogen-bond donors (Lipinski definition) is 1. The topological polar surface area (TPSA) is 103 Å². The number of esters is 1. The van der Waals surface area contributed by atoms with Crippen LogP contribution in [0.4, 0.5) is 0 Å². The molecule has 0 spiro atoms. The van der Waals surface area contributed by atoms with E-state index in [1.165, 1.54) is 24.3 Å². The lowest BCUT2D eigenvalue weighted by atomic mass is 10.0. The Labute approximate surface area is 220 Å². The first kappa shape index (κ1) is 26.6. The highest BCUT2D eigenvalue weighted by Gasteiger charge is 2.32. The molecule has 1 heterocycles. The van der Waals surface area contributed by atoms with Crippen LogP contribution in [0.1, 0.15) is 25.8 Å². The van der Waals surface area contributed by atoms with Crippen LogP contribution in [0.5, 0.6) is 5.75 Å². The van der Waals surface area contributed by atoms with Gasteiger partial charge in [-0.05, 0) is 42.2 Å². The zero-order valence-electron chi connectivity index (χ0n) is 20.5. The van der Waals surface area contributed by atoms with Crippen LogP contribution in [0.2, 0.25) is 5.02 Å². The highest BCUT2D eigenvalue weighted by atomic mass is 35.5. The second-order valence-electron chi connectivity index (χ2n) is 8.84. The van der Waals surface area contributed by atoms with Gasteiger partial charge in [-0.1, -0.05) is 79.9 Å². The van der Waals surface area contributed by atoms with Crippen LogP contribution in [-0.4, -0.2) is 20.4 Å². The zero-order valence-corrected chi connectivity index (χ0v) is 22.1. The van der Waals surface area contributed by atoms with Gasteiger partial charge >= 0.3 is 11.6 Å². The molecule has 0 fully saturated rings. The van der Waals surface area contributed by atoms with E-state index in [-0.39, 0.29) is 27.2 Å². The summed E-state index contributed by atoms with van der Waals surface area (Å²) in [5.41, 5.74) is 1.93. The first-order valence-corrected chi connectivity index (χ1v) is 13.6. The van der Waals surface area contributed by atoms with Crippen molar-refractivity contribution in [3.05, 3.63) is 93.8 Å². The molecule has 0 aliphatic carbocycles. The van der Waals surface area contributed by atoms with E-state index in [2.05, 4.69) is 4.72 Å². The molecule has 1 aromatic heterocycles. The minimum Gasteiger partial charge on any atom is -0.424 e. The maximum absolute atomic E-state index is 13.2. The molecule has 0 bridgehead atoms. The standard InChI is InChI=1S/C28H26ClNO6S/c1-4-18(3)27(30-37(33,34)20-12-10-17(2)11-13-20)28(32)36-25-16-24-22(14-23(25)29)21(15-26(31)35-24)19-8-6-5-7-9-19/h5-16,18,27,30H,4H2,1-3H3/t18-,27+/m0/s1. The summed E-state index contributed by atoms with van der Waals surface area (Å²) >= 11 is 6.47. The van der Waals surface area contributed by atoms with Crippen molar-refractivity contribution in [2.75, 3.05) is 0 Å². The quantitative estimate of drug-likeness (QED) is 0.174. The molecule has 1 N–H and O–H groups in total. The minimum absolute atomic E-state index is 0.0400. The van der Waals surface area contributed by atoms with E-state index in [0.717, 1.165) is 11.1 Å². The van der Waals surface area contributed by atoms with E-state index in [0.29, 0.717) is 17.4 Å². The van der Waals surface area contributed by atoms with Gasteiger partial charge in [-0.15, -0.1) is 0 Å². The highest BCUT2D eigenvalue weighted by Crippen LogP contribution is 2.35. The smallest absolute Gasteiger partial charge is 0.336 e. The summed E-state index contributed by atoms with van der Waals surface area (Å²) in [6.07, 6.45) is 0.511. The number of nitrogens with one attached hydrogen (secondary N) is 1. The van der Waals surface area contributed by atoms with Crippen LogP contribution in [0, 0.1) is 12.8 Å². The molecular weight excluding hydrogens is 514 g/mol. The fourth-order valence-electron chi connectivity index (χ4n) is 3.85. The van der Waals surface area contributed by atoms with Gasteiger partial charge in [0.1, 0.15) is 11.6 Å². The third-order valence-corrected chi connectivity index (χ3v) is 7.93. The molecule has 4 rings (SSSR count). The van der Waals surface area contributed by atoms with Gasteiger partial charge < -0.3 is 9.15 Å². The predicted molar refractivity (Wildman–Crippen MR) is 143 cm³/mol. The van der Waals surface area contributed by atoms with Gasteiger partial charge in [0.05, 0.1) is 9.92 Å². The Hall–Kier alpha value is -3.46. The first-order chi connectivity index (χ1) is 17.6. The second kappa shape index (κ2) is 10.9. The summed E-state index contributed by atoms with van der Waals surface area (Å²) in [7, 11) is -4.00. The Balaban J connectivity index is 1.67. The molecule has 0 aliphatic rings. The average Bonchev–Trinajstić information content (AvgIpc) is 2.88. The molecule has 0 aliphatic heterocycles. The summed E-state index contributed by atoms with van der Waals surface area (Å²) in [6.45, 7) is 5.44. The number of fused-ring (bicyclic) bond motifs is 1. The number of carbonyl (C=O) groups is 1. The molecule has 7 nitrogen and oxygen atoms in total. The summed E-state index contributed by atoms with van der Waals surface area (Å²) in [6, 6.07) is 18.7. The second-order valence-corrected chi connectivity index (χ2v) is 11.0.